The minimum atomic E-state index is -0.484. The standard InChI is InChI=1S/C26H23ClN2O4/c1-4-33-19-9-7-8-17(14-19)28-24-23(20-10-5-6-11-22(20)32-3)25(30)29(26(24)31)18-13-12-16(2)21(27)15-18/h5-15,28H,4H2,1-3H3. The largest absolute Gasteiger partial charge is 0.496 e. The van der Waals surface area contributed by atoms with Crippen LogP contribution in [0.5, 0.6) is 11.5 Å². The third-order valence-electron chi connectivity index (χ3n) is 5.29. The Morgan fingerprint density at radius 2 is 1.76 bits per heavy atom. The fraction of sp³-hybridized carbons (Fsp3) is 0.154. The van der Waals surface area contributed by atoms with Crippen LogP contribution in [0, 0.1) is 6.92 Å². The molecule has 1 N–H and O–H groups in total. The molecular formula is C26H23ClN2O4. The van der Waals surface area contributed by atoms with Crippen LogP contribution in [0.15, 0.2) is 72.4 Å². The Morgan fingerprint density at radius 1 is 0.970 bits per heavy atom. The molecule has 2 amide bonds. The molecule has 33 heavy (non-hydrogen) atoms. The lowest BCUT2D eigenvalue weighted by Crippen LogP contribution is -2.32. The monoisotopic (exact) mass is 462 g/mol. The van der Waals surface area contributed by atoms with Gasteiger partial charge >= 0.3 is 0 Å². The highest BCUT2D eigenvalue weighted by molar-refractivity contribution is 6.46. The molecule has 0 atom stereocenters. The van der Waals surface area contributed by atoms with Gasteiger partial charge in [0.1, 0.15) is 17.2 Å². The maximum Gasteiger partial charge on any atom is 0.282 e. The summed E-state index contributed by atoms with van der Waals surface area (Å²) in [5, 5.41) is 3.61. The lowest BCUT2D eigenvalue weighted by Gasteiger charge is -2.16. The molecule has 0 fully saturated rings. The van der Waals surface area contributed by atoms with E-state index in [1.54, 1.807) is 54.6 Å². The van der Waals surface area contributed by atoms with Crippen molar-refractivity contribution in [1.29, 1.82) is 0 Å². The minimum absolute atomic E-state index is 0.148. The molecule has 3 aromatic rings. The first-order valence-corrected chi connectivity index (χ1v) is 10.8. The highest BCUT2D eigenvalue weighted by Crippen LogP contribution is 2.38. The number of amides is 2. The maximum atomic E-state index is 13.6. The number of anilines is 2. The van der Waals surface area contributed by atoms with Gasteiger partial charge in [0.15, 0.2) is 0 Å². The zero-order valence-corrected chi connectivity index (χ0v) is 19.3. The molecule has 0 aromatic heterocycles. The number of imide groups is 1. The highest BCUT2D eigenvalue weighted by Gasteiger charge is 2.41. The first-order valence-electron chi connectivity index (χ1n) is 10.5. The third kappa shape index (κ3) is 4.30. The summed E-state index contributed by atoms with van der Waals surface area (Å²) in [6, 6.07) is 19.4. The van der Waals surface area contributed by atoms with Crippen molar-refractivity contribution in [2.75, 3.05) is 23.9 Å². The summed E-state index contributed by atoms with van der Waals surface area (Å²) in [5.74, 6) is 0.191. The molecular weight excluding hydrogens is 440 g/mol. The van der Waals surface area contributed by atoms with Gasteiger partial charge in [-0.1, -0.05) is 41.9 Å². The van der Waals surface area contributed by atoms with Crippen molar-refractivity contribution in [1.82, 2.24) is 0 Å². The van der Waals surface area contributed by atoms with Crippen molar-refractivity contribution in [3.63, 3.8) is 0 Å². The van der Waals surface area contributed by atoms with Crippen molar-refractivity contribution < 1.29 is 19.1 Å². The zero-order valence-electron chi connectivity index (χ0n) is 18.5. The van der Waals surface area contributed by atoms with Gasteiger partial charge in [-0.2, -0.15) is 0 Å². The molecule has 6 nitrogen and oxygen atoms in total. The highest BCUT2D eigenvalue weighted by atomic mass is 35.5. The van der Waals surface area contributed by atoms with Crippen LogP contribution in [-0.2, 0) is 9.59 Å². The number of halogens is 1. The molecule has 1 aliphatic rings. The van der Waals surface area contributed by atoms with Gasteiger partial charge in [-0.15, -0.1) is 0 Å². The molecule has 1 aliphatic heterocycles. The van der Waals surface area contributed by atoms with Crippen LogP contribution in [0.4, 0.5) is 11.4 Å². The zero-order chi connectivity index (χ0) is 23.5. The molecule has 0 saturated heterocycles. The van der Waals surface area contributed by atoms with E-state index in [-0.39, 0.29) is 11.3 Å². The van der Waals surface area contributed by atoms with Gasteiger partial charge in [0, 0.05) is 22.3 Å². The number of benzene rings is 3. The van der Waals surface area contributed by atoms with Gasteiger partial charge in [0.25, 0.3) is 11.8 Å². The molecule has 0 unspecified atom stereocenters. The summed E-state index contributed by atoms with van der Waals surface area (Å²) >= 11 is 6.29. The Balaban J connectivity index is 1.84. The number of carbonyl (C=O) groups excluding carboxylic acids is 2. The van der Waals surface area contributed by atoms with Gasteiger partial charge in [-0.3, -0.25) is 9.59 Å². The molecule has 0 bridgehead atoms. The van der Waals surface area contributed by atoms with Crippen molar-refractivity contribution in [2.24, 2.45) is 0 Å². The molecule has 0 saturated carbocycles. The summed E-state index contributed by atoms with van der Waals surface area (Å²) < 4.78 is 11.1. The van der Waals surface area contributed by atoms with Gasteiger partial charge < -0.3 is 14.8 Å². The summed E-state index contributed by atoms with van der Waals surface area (Å²) in [5.41, 5.74) is 2.75. The first-order chi connectivity index (χ1) is 15.9. The number of ether oxygens (including phenoxy) is 2. The number of para-hydroxylation sites is 1. The van der Waals surface area contributed by atoms with E-state index in [0.29, 0.717) is 40.1 Å². The molecule has 0 radical (unpaired) electrons. The predicted octanol–water partition coefficient (Wildman–Crippen LogP) is 5.45. The number of hydrogen-bond donors (Lipinski definition) is 1. The number of rotatable bonds is 7. The molecule has 0 aliphatic carbocycles. The molecule has 3 aromatic carbocycles. The van der Waals surface area contributed by atoms with Gasteiger partial charge in [-0.25, -0.2) is 4.90 Å². The number of carbonyl (C=O) groups is 2. The van der Waals surface area contributed by atoms with Gasteiger partial charge in [0.2, 0.25) is 0 Å². The van der Waals surface area contributed by atoms with Crippen LogP contribution in [-0.4, -0.2) is 25.5 Å². The van der Waals surface area contributed by atoms with Crippen molar-refractivity contribution in [3.8, 4) is 11.5 Å². The maximum absolute atomic E-state index is 13.6. The van der Waals surface area contributed by atoms with Crippen molar-refractivity contribution in [3.05, 3.63) is 88.6 Å². The average molecular weight is 463 g/mol. The van der Waals surface area contributed by atoms with Crippen LogP contribution < -0.4 is 19.7 Å². The topological polar surface area (TPSA) is 67.9 Å². The fourth-order valence-corrected chi connectivity index (χ4v) is 3.85. The van der Waals surface area contributed by atoms with E-state index in [9.17, 15) is 9.59 Å². The van der Waals surface area contributed by atoms with Crippen LogP contribution >= 0.6 is 11.6 Å². The van der Waals surface area contributed by atoms with Gasteiger partial charge in [0.05, 0.1) is 25.0 Å². The molecule has 0 spiro atoms. The van der Waals surface area contributed by atoms with Gasteiger partial charge in [-0.05, 0) is 49.7 Å². The Kier molecular flexibility index (Phi) is 6.38. The van der Waals surface area contributed by atoms with Crippen molar-refractivity contribution >= 4 is 40.4 Å². The molecule has 1 heterocycles. The van der Waals surface area contributed by atoms with Crippen molar-refractivity contribution in [2.45, 2.75) is 13.8 Å². The fourth-order valence-electron chi connectivity index (χ4n) is 3.68. The Bertz CT molecular complexity index is 1270. The Labute approximate surface area is 197 Å². The number of hydrogen-bond acceptors (Lipinski definition) is 5. The predicted molar refractivity (Wildman–Crippen MR) is 130 cm³/mol. The lowest BCUT2D eigenvalue weighted by molar-refractivity contribution is -0.120. The van der Waals surface area contributed by atoms with E-state index < -0.39 is 11.8 Å². The molecule has 168 valence electrons. The second-order valence-corrected chi connectivity index (χ2v) is 7.82. The van der Waals surface area contributed by atoms with Crippen LogP contribution in [0.3, 0.4) is 0 Å². The number of nitrogens with zero attached hydrogens (tertiary/aromatic N) is 1. The lowest BCUT2D eigenvalue weighted by atomic mass is 10.0. The van der Waals surface area contributed by atoms with Crippen LogP contribution in [0.2, 0.25) is 5.02 Å². The number of nitrogens with one attached hydrogen (secondary N) is 1. The first kappa shape index (κ1) is 22.4. The van der Waals surface area contributed by atoms with E-state index in [2.05, 4.69) is 5.32 Å². The summed E-state index contributed by atoms with van der Waals surface area (Å²) in [6.07, 6.45) is 0. The number of aryl methyl sites for hydroxylation is 1. The summed E-state index contributed by atoms with van der Waals surface area (Å²) in [7, 11) is 1.52. The second kappa shape index (κ2) is 9.38. The van der Waals surface area contributed by atoms with Crippen LogP contribution in [0.1, 0.15) is 18.1 Å². The van der Waals surface area contributed by atoms with E-state index in [1.165, 1.54) is 7.11 Å². The van der Waals surface area contributed by atoms with Crippen LogP contribution in [0.25, 0.3) is 5.57 Å². The summed E-state index contributed by atoms with van der Waals surface area (Å²) in [4.78, 5) is 28.3. The Morgan fingerprint density at radius 3 is 2.48 bits per heavy atom. The second-order valence-electron chi connectivity index (χ2n) is 7.42. The molecule has 4 rings (SSSR count). The number of methoxy groups -OCH3 is 1. The smallest absolute Gasteiger partial charge is 0.282 e. The van der Waals surface area contributed by atoms with E-state index in [1.807, 2.05) is 26.0 Å². The Hall–Kier alpha value is -3.77. The summed E-state index contributed by atoms with van der Waals surface area (Å²) in [6.45, 7) is 4.26. The SMILES string of the molecule is CCOc1cccc(NC2=C(c3ccccc3OC)C(=O)N(c3ccc(C)c(Cl)c3)C2=O)c1. The normalized spacial score (nSPS) is 13.5. The third-order valence-corrected chi connectivity index (χ3v) is 5.70. The minimum Gasteiger partial charge on any atom is -0.496 e. The molecule has 7 heteroatoms. The van der Waals surface area contributed by atoms with E-state index in [0.717, 1.165) is 10.5 Å². The quantitative estimate of drug-likeness (QED) is 0.473. The van der Waals surface area contributed by atoms with E-state index >= 15 is 0 Å². The average Bonchev–Trinajstić information content (AvgIpc) is 3.05. The van der Waals surface area contributed by atoms with E-state index in [4.69, 9.17) is 21.1 Å².